The number of ether oxygens (including phenoxy) is 2. The van der Waals surface area contributed by atoms with Gasteiger partial charge in [0.1, 0.15) is 11.4 Å². The quantitative estimate of drug-likeness (QED) is 0.229. The summed E-state index contributed by atoms with van der Waals surface area (Å²) in [5.74, 6) is -0.344. The largest absolute Gasteiger partial charge is 0.483 e. The van der Waals surface area contributed by atoms with Gasteiger partial charge in [0.2, 0.25) is 0 Å². The molecule has 12 nitrogen and oxygen atoms in total. The second-order valence-corrected chi connectivity index (χ2v) is 6.93. The number of pyridine rings is 2. The molecular formula is C23H25N7O5. The van der Waals surface area contributed by atoms with Gasteiger partial charge in [-0.15, -0.1) is 0 Å². The van der Waals surface area contributed by atoms with Gasteiger partial charge in [-0.2, -0.15) is 10.2 Å². The third-order valence-corrected chi connectivity index (χ3v) is 4.59. The van der Waals surface area contributed by atoms with Crippen LogP contribution >= 0.6 is 0 Å². The minimum Gasteiger partial charge on any atom is -0.483 e. The number of nitrogens with zero attached hydrogens (tertiary/aromatic N) is 5. The summed E-state index contributed by atoms with van der Waals surface area (Å²) < 4.78 is 12.2. The van der Waals surface area contributed by atoms with Crippen molar-refractivity contribution in [2.24, 2.45) is 0 Å². The molecular weight excluding hydrogens is 454 g/mol. The molecule has 0 aromatic carbocycles. The van der Waals surface area contributed by atoms with Gasteiger partial charge in [-0.1, -0.05) is 12.1 Å². The topological polar surface area (TPSA) is 157 Å². The molecule has 182 valence electrons. The van der Waals surface area contributed by atoms with Crippen LogP contribution in [0.4, 0.5) is 5.69 Å². The number of carbonyl (C=O) groups is 2. The van der Waals surface area contributed by atoms with E-state index < -0.39 is 0 Å². The summed E-state index contributed by atoms with van der Waals surface area (Å²) in [4.78, 5) is 30.2. The highest BCUT2D eigenvalue weighted by molar-refractivity contribution is 6.04. The molecule has 0 aliphatic carbocycles. The number of aromatic nitrogens is 6. The first-order valence-corrected chi connectivity index (χ1v) is 10.6. The maximum atomic E-state index is 13.0. The summed E-state index contributed by atoms with van der Waals surface area (Å²) >= 11 is 0. The van der Waals surface area contributed by atoms with Gasteiger partial charge in [-0.05, 0) is 24.3 Å². The Morgan fingerprint density at radius 2 is 2.00 bits per heavy atom. The standard InChI is InChI=1S/C22H23N7O3.CH2O2/c1-31-11-12-32-10-9-29-15-20(21(28-29)18-5-2-3-8-23-18)27-22(30)19-7-4-6-17(26-19)16-13-24-25-14-16;2-1-3/h2-8,13-15H,9-12H2,1H3,(H,24,25)(H,27,30);1H,(H,2,3). The zero-order valence-electron chi connectivity index (χ0n) is 19.0. The molecule has 0 aliphatic heterocycles. The van der Waals surface area contributed by atoms with Gasteiger partial charge >= 0.3 is 0 Å². The molecule has 0 atom stereocenters. The van der Waals surface area contributed by atoms with E-state index in [1.165, 1.54) is 0 Å². The SMILES string of the molecule is COCCOCCn1cc(NC(=O)c2cccc(-c3cn[nH]c3)n2)c(-c2ccccn2)n1.O=CO. The molecule has 3 N–H and O–H groups in total. The molecule has 4 rings (SSSR count). The van der Waals surface area contributed by atoms with Crippen LogP contribution in [-0.2, 0) is 20.8 Å². The third kappa shape index (κ3) is 7.28. The lowest BCUT2D eigenvalue weighted by molar-refractivity contribution is -0.122. The summed E-state index contributed by atoms with van der Waals surface area (Å²) in [6, 6.07) is 10.8. The molecule has 0 bridgehead atoms. The lowest BCUT2D eigenvalue weighted by Crippen LogP contribution is -2.14. The van der Waals surface area contributed by atoms with Crippen molar-refractivity contribution in [2.75, 3.05) is 32.2 Å². The summed E-state index contributed by atoms with van der Waals surface area (Å²) in [5.41, 5.74) is 3.51. The molecule has 12 heteroatoms. The molecule has 0 spiro atoms. The number of hydrogen-bond acceptors (Lipinski definition) is 8. The van der Waals surface area contributed by atoms with Crippen LogP contribution in [-0.4, -0.2) is 74.4 Å². The Labute approximate surface area is 201 Å². The highest BCUT2D eigenvalue weighted by Crippen LogP contribution is 2.25. The summed E-state index contributed by atoms with van der Waals surface area (Å²) in [7, 11) is 1.63. The van der Waals surface area contributed by atoms with Gasteiger partial charge in [0.25, 0.3) is 12.4 Å². The van der Waals surface area contributed by atoms with E-state index in [1.54, 1.807) is 48.7 Å². The second kappa shape index (κ2) is 13.3. The Morgan fingerprint density at radius 1 is 1.17 bits per heavy atom. The van der Waals surface area contributed by atoms with Crippen LogP contribution in [0.3, 0.4) is 0 Å². The molecule has 0 saturated carbocycles. The zero-order valence-corrected chi connectivity index (χ0v) is 19.0. The van der Waals surface area contributed by atoms with Crippen molar-refractivity contribution in [1.29, 1.82) is 0 Å². The third-order valence-electron chi connectivity index (χ3n) is 4.59. The molecule has 0 aliphatic rings. The lowest BCUT2D eigenvalue weighted by atomic mass is 10.2. The van der Waals surface area contributed by atoms with Crippen molar-refractivity contribution in [2.45, 2.75) is 6.54 Å². The van der Waals surface area contributed by atoms with Crippen molar-refractivity contribution < 1.29 is 24.2 Å². The maximum Gasteiger partial charge on any atom is 0.290 e. The second-order valence-electron chi connectivity index (χ2n) is 6.93. The van der Waals surface area contributed by atoms with E-state index in [1.807, 2.05) is 24.3 Å². The summed E-state index contributed by atoms with van der Waals surface area (Å²) in [6.07, 6.45) is 6.83. The number of amides is 1. The number of hydrogen-bond donors (Lipinski definition) is 3. The van der Waals surface area contributed by atoms with Crippen LogP contribution < -0.4 is 5.32 Å². The minimum absolute atomic E-state index is 0.250. The predicted molar refractivity (Wildman–Crippen MR) is 127 cm³/mol. The summed E-state index contributed by atoms with van der Waals surface area (Å²) in [6.45, 7) is 1.78. The number of nitrogens with one attached hydrogen (secondary N) is 2. The van der Waals surface area contributed by atoms with Crippen LogP contribution in [0.2, 0.25) is 0 Å². The number of carboxylic acid groups (broad SMARTS) is 1. The first-order chi connectivity index (χ1) is 17.2. The fourth-order valence-corrected chi connectivity index (χ4v) is 3.02. The van der Waals surface area contributed by atoms with E-state index in [0.717, 1.165) is 5.56 Å². The normalized spacial score (nSPS) is 10.3. The summed E-state index contributed by atoms with van der Waals surface area (Å²) in [5, 5.41) is 21.1. The van der Waals surface area contributed by atoms with Gasteiger partial charge in [-0.3, -0.25) is 24.4 Å². The highest BCUT2D eigenvalue weighted by atomic mass is 16.5. The van der Waals surface area contributed by atoms with Crippen LogP contribution in [0, 0.1) is 0 Å². The molecule has 0 radical (unpaired) electrons. The molecule has 1 amide bonds. The minimum atomic E-state index is -0.344. The van der Waals surface area contributed by atoms with Crippen molar-refractivity contribution in [3.63, 3.8) is 0 Å². The Balaban J connectivity index is 0.00000108. The lowest BCUT2D eigenvalue weighted by Gasteiger charge is -2.06. The van der Waals surface area contributed by atoms with Crippen LogP contribution in [0.25, 0.3) is 22.6 Å². The Kier molecular flexibility index (Phi) is 9.60. The molecule has 4 heterocycles. The number of methoxy groups -OCH3 is 1. The zero-order chi connectivity index (χ0) is 24.9. The van der Waals surface area contributed by atoms with Gasteiger partial charge in [-0.25, -0.2) is 4.98 Å². The Bertz CT molecular complexity index is 1200. The average Bonchev–Trinajstić information content (AvgIpc) is 3.56. The van der Waals surface area contributed by atoms with Crippen molar-refractivity contribution >= 4 is 18.1 Å². The van der Waals surface area contributed by atoms with Crippen LogP contribution in [0.5, 0.6) is 0 Å². The number of aromatic amines is 1. The number of carbonyl (C=O) groups excluding carboxylic acids is 1. The van der Waals surface area contributed by atoms with Gasteiger partial charge in [0.15, 0.2) is 0 Å². The fourth-order valence-electron chi connectivity index (χ4n) is 3.02. The first-order valence-electron chi connectivity index (χ1n) is 10.6. The number of H-pyrrole nitrogens is 1. The maximum absolute atomic E-state index is 13.0. The van der Waals surface area contributed by atoms with E-state index in [-0.39, 0.29) is 18.1 Å². The van der Waals surface area contributed by atoms with Gasteiger partial charge < -0.3 is 19.9 Å². The fraction of sp³-hybridized carbons (Fsp3) is 0.217. The van der Waals surface area contributed by atoms with Gasteiger partial charge in [0.05, 0.1) is 49.6 Å². The predicted octanol–water partition coefficient (Wildman–Crippen LogP) is 2.35. The smallest absolute Gasteiger partial charge is 0.290 e. The number of rotatable bonds is 10. The van der Waals surface area contributed by atoms with Crippen molar-refractivity contribution in [3.8, 4) is 22.6 Å². The highest BCUT2D eigenvalue weighted by Gasteiger charge is 2.17. The van der Waals surface area contributed by atoms with E-state index >= 15 is 0 Å². The molecule has 35 heavy (non-hydrogen) atoms. The van der Waals surface area contributed by atoms with Crippen LogP contribution in [0.15, 0.2) is 61.2 Å². The molecule has 0 saturated heterocycles. The van der Waals surface area contributed by atoms with Crippen LogP contribution in [0.1, 0.15) is 10.5 Å². The van der Waals surface area contributed by atoms with Crippen molar-refractivity contribution in [1.82, 2.24) is 29.9 Å². The number of anilines is 1. The molecule has 4 aromatic heterocycles. The molecule has 0 unspecified atom stereocenters. The monoisotopic (exact) mass is 479 g/mol. The van der Waals surface area contributed by atoms with Crippen molar-refractivity contribution in [3.05, 3.63) is 66.9 Å². The average molecular weight is 479 g/mol. The van der Waals surface area contributed by atoms with E-state index in [9.17, 15) is 4.79 Å². The Morgan fingerprint density at radius 3 is 2.71 bits per heavy atom. The molecule has 0 fully saturated rings. The Hall–Kier alpha value is -4.42. The van der Waals surface area contributed by atoms with Gasteiger partial charge in [0, 0.05) is 31.3 Å². The molecule has 4 aromatic rings. The first kappa shape index (κ1) is 25.2. The van der Waals surface area contributed by atoms with E-state index in [2.05, 4.69) is 30.6 Å². The van der Waals surface area contributed by atoms with E-state index in [0.29, 0.717) is 49.1 Å². The van der Waals surface area contributed by atoms with E-state index in [4.69, 9.17) is 19.4 Å².